The maximum atomic E-state index is 10.8. The van der Waals surface area contributed by atoms with Crippen molar-refractivity contribution in [3.05, 3.63) is 29.3 Å². The Kier molecular flexibility index (Phi) is 4.78. The summed E-state index contributed by atoms with van der Waals surface area (Å²) < 4.78 is 26.8. The Hall–Kier alpha value is -0.870. The Morgan fingerprint density at radius 3 is 2.83 bits per heavy atom. The Labute approximate surface area is 111 Å². The SMILES string of the molecule is COc1ccc(CCCC2CC2)cc1CS(=O)[O-]. The molecule has 0 heterocycles. The second-order valence-corrected chi connectivity index (χ2v) is 5.83. The molecule has 18 heavy (non-hydrogen) atoms. The van der Waals surface area contributed by atoms with Crippen LogP contribution < -0.4 is 4.74 Å². The van der Waals surface area contributed by atoms with Crippen LogP contribution in [0.5, 0.6) is 5.75 Å². The van der Waals surface area contributed by atoms with E-state index in [-0.39, 0.29) is 5.75 Å². The van der Waals surface area contributed by atoms with Crippen molar-refractivity contribution in [3.8, 4) is 5.75 Å². The number of methoxy groups -OCH3 is 1. The van der Waals surface area contributed by atoms with Crippen molar-refractivity contribution in [2.24, 2.45) is 5.92 Å². The van der Waals surface area contributed by atoms with Crippen LogP contribution in [0.2, 0.25) is 0 Å². The van der Waals surface area contributed by atoms with Gasteiger partial charge >= 0.3 is 0 Å². The molecule has 1 aliphatic rings. The summed E-state index contributed by atoms with van der Waals surface area (Å²) >= 11 is -2.07. The normalized spacial score (nSPS) is 16.6. The smallest absolute Gasteiger partial charge is 0.122 e. The number of aryl methyl sites for hydroxylation is 1. The van der Waals surface area contributed by atoms with Crippen molar-refractivity contribution in [1.29, 1.82) is 0 Å². The van der Waals surface area contributed by atoms with E-state index in [1.807, 2.05) is 18.2 Å². The minimum absolute atomic E-state index is 0.0274. The third-order valence-electron chi connectivity index (χ3n) is 3.39. The topological polar surface area (TPSA) is 49.4 Å². The first kappa shape index (κ1) is 13.6. The van der Waals surface area contributed by atoms with Gasteiger partial charge in [-0.2, -0.15) is 0 Å². The lowest BCUT2D eigenvalue weighted by Crippen LogP contribution is -1.99. The maximum Gasteiger partial charge on any atom is 0.122 e. The number of benzene rings is 1. The van der Waals surface area contributed by atoms with Gasteiger partial charge in [-0.3, -0.25) is 4.21 Å². The minimum Gasteiger partial charge on any atom is -0.772 e. The molecule has 0 aliphatic heterocycles. The molecule has 0 radical (unpaired) electrons. The van der Waals surface area contributed by atoms with Crippen molar-refractivity contribution in [3.63, 3.8) is 0 Å². The average Bonchev–Trinajstić information content (AvgIpc) is 3.13. The van der Waals surface area contributed by atoms with E-state index in [0.29, 0.717) is 5.75 Å². The molecule has 0 saturated heterocycles. The molecule has 0 amide bonds. The fourth-order valence-electron chi connectivity index (χ4n) is 2.23. The summed E-state index contributed by atoms with van der Waals surface area (Å²) in [6.45, 7) is 0. The number of hydrogen-bond donors (Lipinski definition) is 0. The van der Waals surface area contributed by atoms with Gasteiger partial charge in [0.15, 0.2) is 0 Å². The zero-order chi connectivity index (χ0) is 13.0. The van der Waals surface area contributed by atoms with Gasteiger partial charge in [0.2, 0.25) is 0 Å². The van der Waals surface area contributed by atoms with Crippen molar-refractivity contribution >= 4 is 11.1 Å². The van der Waals surface area contributed by atoms with Gasteiger partial charge in [0.25, 0.3) is 0 Å². The van der Waals surface area contributed by atoms with E-state index in [2.05, 4.69) is 0 Å². The van der Waals surface area contributed by atoms with Gasteiger partial charge < -0.3 is 9.29 Å². The summed E-state index contributed by atoms with van der Waals surface area (Å²) in [5.74, 6) is 1.64. The molecule has 1 aromatic carbocycles. The summed E-state index contributed by atoms with van der Waals surface area (Å²) in [5.41, 5.74) is 1.96. The standard InChI is InChI=1S/C14H20O3S/c1-17-14-8-7-12(4-2-3-11-5-6-11)9-13(14)10-18(15)16/h7-9,11H,2-6,10H2,1H3,(H,15,16)/p-1. The first-order valence-corrected chi connectivity index (χ1v) is 7.65. The van der Waals surface area contributed by atoms with Crippen molar-refractivity contribution in [2.45, 2.75) is 37.9 Å². The Bertz CT molecular complexity index is 427. The van der Waals surface area contributed by atoms with E-state index in [9.17, 15) is 8.76 Å². The van der Waals surface area contributed by atoms with Crippen molar-refractivity contribution in [1.82, 2.24) is 0 Å². The van der Waals surface area contributed by atoms with Gasteiger partial charge in [-0.05, 0) is 30.4 Å². The molecule has 1 unspecified atom stereocenters. The van der Waals surface area contributed by atoms with E-state index in [1.165, 1.54) is 31.2 Å². The lowest BCUT2D eigenvalue weighted by atomic mass is 10.0. The molecule has 1 aromatic rings. The summed E-state index contributed by atoms with van der Waals surface area (Å²) in [6.07, 6.45) is 6.30. The maximum absolute atomic E-state index is 10.8. The second-order valence-electron chi connectivity index (χ2n) is 4.93. The molecule has 1 fully saturated rings. The van der Waals surface area contributed by atoms with Crippen LogP contribution >= 0.6 is 0 Å². The molecule has 4 heteroatoms. The molecular weight excluding hydrogens is 248 g/mol. The first-order valence-electron chi connectivity index (χ1n) is 6.40. The van der Waals surface area contributed by atoms with Crippen LogP contribution in [-0.4, -0.2) is 15.9 Å². The highest BCUT2D eigenvalue weighted by atomic mass is 32.2. The molecule has 1 aliphatic carbocycles. The number of ether oxygens (including phenoxy) is 1. The third-order valence-corrected chi connectivity index (χ3v) is 3.94. The summed E-state index contributed by atoms with van der Waals surface area (Å²) in [5, 5.41) is 0. The second kappa shape index (κ2) is 6.34. The van der Waals surface area contributed by atoms with Gasteiger partial charge in [-0.25, -0.2) is 0 Å². The fourth-order valence-corrected chi connectivity index (χ4v) is 2.71. The zero-order valence-electron chi connectivity index (χ0n) is 10.7. The van der Waals surface area contributed by atoms with Crippen molar-refractivity contribution in [2.75, 3.05) is 7.11 Å². The largest absolute Gasteiger partial charge is 0.772 e. The average molecular weight is 267 g/mol. The molecule has 0 aromatic heterocycles. The molecule has 3 nitrogen and oxygen atoms in total. The monoisotopic (exact) mass is 267 g/mol. The van der Waals surface area contributed by atoms with E-state index in [4.69, 9.17) is 4.74 Å². The predicted octanol–water partition coefficient (Wildman–Crippen LogP) is 2.81. The summed E-state index contributed by atoms with van der Waals surface area (Å²) in [4.78, 5) is 0. The van der Waals surface area contributed by atoms with Gasteiger partial charge in [0.05, 0.1) is 7.11 Å². The van der Waals surface area contributed by atoms with E-state index in [1.54, 1.807) is 7.11 Å². The highest BCUT2D eigenvalue weighted by Gasteiger charge is 2.20. The van der Waals surface area contributed by atoms with Gasteiger partial charge in [-0.1, -0.05) is 42.5 Å². The van der Waals surface area contributed by atoms with Crippen LogP contribution in [0.15, 0.2) is 18.2 Å². The number of hydrogen-bond acceptors (Lipinski definition) is 3. The van der Waals surface area contributed by atoms with Crippen LogP contribution in [0, 0.1) is 5.92 Å². The van der Waals surface area contributed by atoms with Crippen molar-refractivity contribution < 1.29 is 13.5 Å². The fraction of sp³-hybridized carbons (Fsp3) is 0.571. The van der Waals surface area contributed by atoms with E-state index in [0.717, 1.165) is 17.9 Å². The highest BCUT2D eigenvalue weighted by Crippen LogP contribution is 2.34. The minimum atomic E-state index is -2.07. The molecule has 100 valence electrons. The summed E-state index contributed by atoms with van der Waals surface area (Å²) in [7, 11) is 1.57. The summed E-state index contributed by atoms with van der Waals surface area (Å²) in [6, 6.07) is 5.86. The predicted molar refractivity (Wildman–Crippen MR) is 71.3 cm³/mol. The van der Waals surface area contributed by atoms with Crippen LogP contribution in [0.25, 0.3) is 0 Å². The Balaban J connectivity index is 1.98. The zero-order valence-corrected chi connectivity index (χ0v) is 11.5. The van der Waals surface area contributed by atoms with Gasteiger partial charge in [0, 0.05) is 11.3 Å². The molecule has 1 atom stereocenters. The Morgan fingerprint density at radius 2 is 2.22 bits per heavy atom. The quantitative estimate of drug-likeness (QED) is 0.714. The van der Waals surface area contributed by atoms with Crippen LogP contribution in [0.3, 0.4) is 0 Å². The highest BCUT2D eigenvalue weighted by molar-refractivity contribution is 7.78. The van der Waals surface area contributed by atoms with E-state index < -0.39 is 11.1 Å². The first-order chi connectivity index (χ1) is 8.69. The van der Waals surface area contributed by atoms with Crippen LogP contribution in [-0.2, 0) is 23.3 Å². The molecular formula is C14H19O3S-. The number of rotatable bonds is 7. The van der Waals surface area contributed by atoms with E-state index >= 15 is 0 Å². The molecule has 2 rings (SSSR count). The molecule has 0 bridgehead atoms. The van der Waals surface area contributed by atoms with Gasteiger partial charge in [-0.15, -0.1) is 0 Å². The molecule has 0 N–H and O–H groups in total. The molecule has 0 spiro atoms. The van der Waals surface area contributed by atoms with Crippen LogP contribution in [0.1, 0.15) is 36.8 Å². The van der Waals surface area contributed by atoms with Crippen LogP contribution in [0.4, 0.5) is 0 Å². The van der Waals surface area contributed by atoms with Gasteiger partial charge in [0.1, 0.15) is 5.75 Å². The lowest BCUT2D eigenvalue weighted by molar-refractivity contribution is 0.410. The third kappa shape index (κ3) is 4.10. The Morgan fingerprint density at radius 1 is 1.44 bits per heavy atom. The molecule has 1 saturated carbocycles. The lowest BCUT2D eigenvalue weighted by Gasteiger charge is -2.12.